The maximum absolute atomic E-state index is 8.92. The van der Waals surface area contributed by atoms with Gasteiger partial charge in [0.1, 0.15) is 0 Å². The van der Waals surface area contributed by atoms with Gasteiger partial charge in [0.25, 0.3) is 0 Å². The van der Waals surface area contributed by atoms with Crippen LogP contribution in [-0.4, -0.2) is 18.3 Å². The Morgan fingerprint density at radius 2 is 1.94 bits per heavy atom. The fourth-order valence-electron chi connectivity index (χ4n) is 1.96. The van der Waals surface area contributed by atoms with Crippen LogP contribution in [0.1, 0.15) is 37.8 Å². The Kier molecular flexibility index (Phi) is 6.90. The minimum atomic E-state index is 0.304. The third-order valence-corrected chi connectivity index (χ3v) is 3.18. The molecule has 0 amide bonds. The van der Waals surface area contributed by atoms with Crippen molar-refractivity contribution in [1.29, 1.82) is 0 Å². The first-order valence-corrected chi connectivity index (χ1v) is 6.66. The molecule has 0 spiro atoms. The average Bonchev–Trinajstić information content (AvgIpc) is 2.38. The highest BCUT2D eigenvalue weighted by atomic mass is 16.3. The third kappa shape index (κ3) is 5.33. The molecule has 17 heavy (non-hydrogen) atoms. The predicted molar refractivity (Wildman–Crippen MR) is 73.0 cm³/mol. The van der Waals surface area contributed by atoms with E-state index in [0.29, 0.717) is 12.5 Å². The van der Waals surface area contributed by atoms with Gasteiger partial charge in [-0.05, 0) is 42.9 Å². The second-order valence-corrected chi connectivity index (χ2v) is 4.73. The molecule has 0 aliphatic carbocycles. The number of aliphatic hydroxyl groups excluding tert-OH is 1. The van der Waals surface area contributed by atoms with Crippen LogP contribution in [0.2, 0.25) is 0 Å². The van der Waals surface area contributed by atoms with Crippen LogP contribution in [0.5, 0.6) is 0 Å². The summed E-state index contributed by atoms with van der Waals surface area (Å²) in [5.74, 6) is 0.430. The van der Waals surface area contributed by atoms with E-state index in [-0.39, 0.29) is 0 Å². The van der Waals surface area contributed by atoms with E-state index in [9.17, 15) is 0 Å². The molecule has 0 saturated heterocycles. The van der Waals surface area contributed by atoms with Crippen molar-refractivity contribution >= 4 is 0 Å². The summed E-state index contributed by atoms with van der Waals surface area (Å²) in [6.45, 7) is 6.58. The number of hydrogen-bond acceptors (Lipinski definition) is 2. The quantitative estimate of drug-likeness (QED) is 0.679. The van der Waals surface area contributed by atoms with Gasteiger partial charge in [-0.25, -0.2) is 0 Å². The van der Waals surface area contributed by atoms with E-state index >= 15 is 0 Å². The number of hydrogen-bond donors (Lipinski definition) is 2. The van der Waals surface area contributed by atoms with Gasteiger partial charge in [-0.2, -0.15) is 0 Å². The van der Waals surface area contributed by atoms with E-state index in [1.54, 1.807) is 0 Å². The summed E-state index contributed by atoms with van der Waals surface area (Å²) in [4.78, 5) is 0. The van der Waals surface area contributed by atoms with Crippen LogP contribution in [0, 0.1) is 5.92 Å². The van der Waals surface area contributed by atoms with Crippen LogP contribution in [0.3, 0.4) is 0 Å². The summed E-state index contributed by atoms with van der Waals surface area (Å²) in [5, 5.41) is 12.4. The molecule has 0 saturated carbocycles. The number of aryl methyl sites for hydroxylation is 1. The first-order valence-electron chi connectivity index (χ1n) is 6.66. The molecule has 1 aromatic carbocycles. The molecule has 1 atom stereocenters. The summed E-state index contributed by atoms with van der Waals surface area (Å²) >= 11 is 0. The first-order chi connectivity index (χ1) is 8.27. The van der Waals surface area contributed by atoms with Crippen molar-refractivity contribution in [3.05, 3.63) is 35.4 Å². The Morgan fingerprint density at radius 3 is 2.59 bits per heavy atom. The van der Waals surface area contributed by atoms with Gasteiger partial charge < -0.3 is 10.4 Å². The van der Waals surface area contributed by atoms with E-state index in [0.717, 1.165) is 32.4 Å². The van der Waals surface area contributed by atoms with Crippen molar-refractivity contribution in [3.8, 4) is 0 Å². The maximum atomic E-state index is 8.92. The minimum Gasteiger partial charge on any atom is -0.396 e. The first kappa shape index (κ1) is 14.2. The normalized spacial score (nSPS) is 12.6. The summed E-state index contributed by atoms with van der Waals surface area (Å²) in [6, 6.07) is 8.60. The fourth-order valence-corrected chi connectivity index (χ4v) is 1.96. The molecule has 0 aromatic heterocycles. The van der Waals surface area contributed by atoms with Crippen molar-refractivity contribution in [2.75, 3.05) is 13.2 Å². The van der Waals surface area contributed by atoms with Gasteiger partial charge >= 0.3 is 0 Å². The van der Waals surface area contributed by atoms with Gasteiger partial charge in [0, 0.05) is 13.2 Å². The Balaban J connectivity index is 2.22. The van der Waals surface area contributed by atoms with Gasteiger partial charge in [-0.15, -0.1) is 0 Å². The summed E-state index contributed by atoms with van der Waals surface area (Å²) in [7, 11) is 0. The zero-order valence-corrected chi connectivity index (χ0v) is 11.1. The lowest BCUT2D eigenvalue weighted by Crippen LogP contribution is -2.16. The third-order valence-electron chi connectivity index (χ3n) is 3.18. The van der Waals surface area contributed by atoms with E-state index in [1.165, 1.54) is 11.1 Å². The summed E-state index contributed by atoms with van der Waals surface area (Å²) in [5.41, 5.74) is 2.84. The topological polar surface area (TPSA) is 32.3 Å². The molecule has 1 unspecified atom stereocenters. The Morgan fingerprint density at radius 1 is 1.24 bits per heavy atom. The summed E-state index contributed by atoms with van der Waals surface area (Å²) in [6.07, 6.45) is 3.33. The molecule has 2 heteroatoms. The van der Waals surface area contributed by atoms with Crippen LogP contribution in [0.4, 0.5) is 0 Å². The smallest absolute Gasteiger partial charge is 0.0456 e. The maximum Gasteiger partial charge on any atom is 0.0456 e. The molecule has 1 aromatic rings. The second kappa shape index (κ2) is 8.26. The second-order valence-electron chi connectivity index (χ2n) is 4.73. The SMILES string of the molecule is CCc1ccccc1CNCCCC(C)CO. The van der Waals surface area contributed by atoms with Crippen LogP contribution in [0.15, 0.2) is 24.3 Å². The van der Waals surface area contributed by atoms with Gasteiger partial charge in [-0.1, -0.05) is 38.1 Å². The number of rotatable bonds is 8. The van der Waals surface area contributed by atoms with E-state index in [4.69, 9.17) is 5.11 Å². The molecule has 2 nitrogen and oxygen atoms in total. The van der Waals surface area contributed by atoms with Crippen LogP contribution < -0.4 is 5.32 Å². The van der Waals surface area contributed by atoms with Crippen molar-refractivity contribution in [2.45, 2.75) is 39.7 Å². The number of nitrogens with one attached hydrogen (secondary N) is 1. The highest BCUT2D eigenvalue weighted by Crippen LogP contribution is 2.09. The van der Waals surface area contributed by atoms with Crippen molar-refractivity contribution in [2.24, 2.45) is 5.92 Å². The lowest BCUT2D eigenvalue weighted by Gasteiger charge is -2.10. The van der Waals surface area contributed by atoms with Crippen molar-refractivity contribution < 1.29 is 5.11 Å². The molecule has 1 rings (SSSR count). The summed E-state index contributed by atoms with van der Waals surface area (Å²) < 4.78 is 0. The molecule has 0 aliphatic rings. The Hall–Kier alpha value is -0.860. The largest absolute Gasteiger partial charge is 0.396 e. The minimum absolute atomic E-state index is 0.304. The highest BCUT2D eigenvalue weighted by Gasteiger charge is 2.00. The molecular weight excluding hydrogens is 210 g/mol. The van der Waals surface area contributed by atoms with Gasteiger partial charge in [0.05, 0.1) is 0 Å². The van der Waals surface area contributed by atoms with E-state index in [2.05, 4.69) is 43.4 Å². The Labute approximate surface area is 105 Å². The Bertz CT molecular complexity index is 312. The van der Waals surface area contributed by atoms with Gasteiger partial charge in [-0.3, -0.25) is 0 Å². The molecule has 0 heterocycles. The van der Waals surface area contributed by atoms with Crippen molar-refractivity contribution in [1.82, 2.24) is 5.32 Å². The fraction of sp³-hybridized carbons (Fsp3) is 0.600. The zero-order chi connectivity index (χ0) is 12.5. The molecule has 0 radical (unpaired) electrons. The zero-order valence-electron chi connectivity index (χ0n) is 11.1. The molecule has 0 bridgehead atoms. The predicted octanol–water partition coefficient (Wildman–Crippen LogP) is 2.75. The van der Waals surface area contributed by atoms with Crippen molar-refractivity contribution in [3.63, 3.8) is 0 Å². The van der Waals surface area contributed by atoms with Crippen LogP contribution >= 0.6 is 0 Å². The highest BCUT2D eigenvalue weighted by molar-refractivity contribution is 5.26. The lowest BCUT2D eigenvalue weighted by molar-refractivity contribution is 0.228. The molecule has 0 fully saturated rings. The molecule has 0 aliphatic heterocycles. The lowest BCUT2D eigenvalue weighted by atomic mass is 10.0. The monoisotopic (exact) mass is 235 g/mol. The molecule has 96 valence electrons. The van der Waals surface area contributed by atoms with Crippen LogP contribution in [-0.2, 0) is 13.0 Å². The van der Waals surface area contributed by atoms with Crippen LogP contribution in [0.25, 0.3) is 0 Å². The van der Waals surface area contributed by atoms with E-state index in [1.807, 2.05) is 0 Å². The van der Waals surface area contributed by atoms with Gasteiger partial charge in [0.15, 0.2) is 0 Å². The molecule has 2 N–H and O–H groups in total. The van der Waals surface area contributed by atoms with E-state index < -0.39 is 0 Å². The number of aliphatic hydroxyl groups is 1. The molecular formula is C15H25NO. The average molecular weight is 235 g/mol. The standard InChI is InChI=1S/C15H25NO/c1-3-14-8-4-5-9-15(14)11-16-10-6-7-13(2)12-17/h4-5,8-9,13,16-17H,3,6-7,10-12H2,1-2H3. The number of benzene rings is 1. The van der Waals surface area contributed by atoms with Gasteiger partial charge in [0.2, 0.25) is 0 Å².